The fraction of sp³-hybridized carbons (Fsp3) is 0.500. The highest BCUT2D eigenvalue weighted by molar-refractivity contribution is 5.41. The Hall–Kier alpha value is -1.50. The quantitative estimate of drug-likeness (QED) is 0.635. The van der Waals surface area contributed by atoms with Crippen molar-refractivity contribution in [1.82, 2.24) is 4.98 Å². The second kappa shape index (κ2) is 4.40. The first-order valence-corrected chi connectivity index (χ1v) is 5.21. The van der Waals surface area contributed by atoms with E-state index < -0.39 is 11.7 Å². The lowest BCUT2D eigenvalue weighted by molar-refractivity contribution is -0.137. The normalized spacial score (nSPS) is 16.5. The van der Waals surface area contributed by atoms with Gasteiger partial charge in [-0.1, -0.05) is 0 Å². The third-order valence-corrected chi connectivity index (χ3v) is 2.62. The molecule has 0 aromatic carbocycles. The molecule has 0 bridgehead atoms. The number of ether oxygens (including phenoxy) is 1. The van der Waals surface area contributed by atoms with Crippen molar-refractivity contribution in [3.8, 4) is 5.88 Å². The summed E-state index contributed by atoms with van der Waals surface area (Å²) in [5.74, 6) is 4.97. The summed E-state index contributed by atoms with van der Waals surface area (Å²) in [5.41, 5.74) is 1.27. The van der Waals surface area contributed by atoms with Crippen molar-refractivity contribution in [2.45, 2.75) is 31.5 Å². The first kappa shape index (κ1) is 12.0. The maximum Gasteiger partial charge on any atom is 0.416 e. The van der Waals surface area contributed by atoms with E-state index in [0.717, 1.165) is 31.4 Å². The van der Waals surface area contributed by atoms with E-state index in [1.807, 2.05) is 0 Å². The van der Waals surface area contributed by atoms with Gasteiger partial charge in [0.1, 0.15) is 11.9 Å². The van der Waals surface area contributed by atoms with E-state index in [1.165, 1.54) is 0 Å². The van der Waals surface area contributed by atoms with Crippen molar-refractivity contribution in [2.24, 2.45) is 5.84 Å². The molecule has 1 aliphatic carbocycles. The summed E-state index contributed by atoms with van der Waals surface area (Å²) in [6.45, 7) is 0. The van der Waals surface area contributed by atoms with E-state index in [-0.39, 0.29) is 17.8 Å². The molecule has 1 fully saturated rings. The molecular weight excluding hydrogens is 235 g/mol. The summed E-state index contributed by atoms with van der Waals surface area (Å²) in [6, 6.07) is 1.73. The first-order valence-electron chi connectivity index (χ1n) is 5.21. The lowest BCUT2D eigenvalue weighted by Crippen LogP contribution is -2.25. The molecule has 0 amide bonds. The molecule has 1 aromatic rings. The molecule has 1 aromatic heterocycles. The number of anilines is 1. The van der Waals surface area contributed by atoms with Gasteiger partial charge in [-0.2, -0.15) is 18.2 Å². The van der Waals surface area contributed by atoms with Crippen LogP contribution in [0.1, 0.15) is 24.8 Å². The highest BCUT2D eigenvalue weighted by Gasteiger charge is 2.32. The number of rotatable bonds is 3. The van der Waals surface area contributed by atoms with Crippen molar-refractivity contribution in [3.63, 3.8) is 0 Å². The Morgan fingerprint density at radius 1 is 1.35 bits per heavy atom. The zero-order valence-electron chi connectivity index (χ0n) is 8.92. The van der Waals surface area contributed by atoms with Crippen LogP contribution in [-0.4, -0.2) is 11.1 Å². The van der Waals surface area contributed by atoms with Gasteiger partial charge in [0.25, 0.3) is 0 Å². The number of halogens is 3. The maximum atomic E-state index is 12.6. The molecule has 0 spiro atoms. The minimum Gasteiger partial charge on any atom is -0.474 e. The third-order valence-electron chi connectivity index (χ3n) is 2.62. The molecule has 1 heterocycles. The Balaban J connectivity index is 2.24. The van der Waals surface area contributed by atoms with Crippen LogP contribution < -0.4 is 16.0 Å². The van der Waals surface area contributed by atoms with Gasteiger partial charge in [0.05, 0.1) is 5.56 Å². The van der Waals surface area contributed by atoms with Gasteiger partial charge in [0.2, 0.25) is 5.88 Å². The molecular formula is C10H12F3N3O. The van der Waals surface area contributed by atoms with E-state index >= 15 is 0 Å². The Morgan fingerprint density at radius 2 is 2.06 bits per heavy atom. The maximum absolute atomic E-state index is 12.6. The highest BCUT2D eigenvalue weighted by Crippen LogP contribution is 2.33. The minimum atomic E-state index is -4.44. The smallest absolute Gasteiger partial charge is 0.416 e. The number of pyridine rings is 1. The van der Waals surface area contributed by atoms with Crippen molar-refractivity contribution in [1.29, 1.82) is 0 Å². The molecule has 3 N–H and O–H groups in total. The highest BCUT2D eigenvalue weighted by atomic mass is 19.4. The molecule has 0 aliphatic heterocycles. The predicted octanol–water partition coefficient (Wildman–Crippen LogP) is 2.32. The second-order valence-electron chi connectivity index (χ2n) is 3.89. The predicted molar refractivity (Wildman–Crippen MR) is 55.3 cm³/mol. The number of alkyl halides is 3. The fourth-order valence-electron chi connectivity index (χ4n) is 1.46. The molecule has 0 radical (unpaired) electrons. The SMILES string of the molecule is NNc1cc(C(F)(F)F)cc(OC2CCC2)n1. The Labute approximate surface area is 95.9 Å². The van der Waals surface area contributed by atoms with Gasteiger partial charge in [-0.05, 0) is 25.3 Å². The minimum absolute atomic E-state index is 0.0309. The van der Waals surface area contributed by atoms with Crippen LogP contribution >= 0.6 is 0 Å². The monoisotopic (exact) mass is 247 g/mol. The van der Waals surface area contributed by atoms with Crippen LogP contribution in [0.2, 0.25) is 0 Å². The van der Waals surface area contributed by atoms with Gasteiger partial charge < -0.3 is 10.2 Å². The third kappa shape index (κ3) is 2.79. The number of hydrogen-bond donors (Lipinski definition) is 2. The summed E-state index contributed by atoms with van der Waals surface area (Å²) in [5, 5.41) is 0. The Morgan fingerprint density at radius 3 is 2.53 bits per heavy atom. The van der Waals surface area contributed by atoms with Crippen LogP contribution in [0.3, 0.4) is 0 Å². The molecule has 7 heteroatoms. The van der Waals surface area contributed by atoms with E-state index in [9.17, 15) is 13.2 Å². The standard InChI is InChI=1S/C10H12F3N3O/c11-10(12,13)6-4-8(16-14)15-9(5-6)17-7-2-1-3-7/h4-5,7H,1-3,14H2,(H,15,16). The summed E-state index contributed by atoms with van der Waals surface area (Å²) < 4.78 is 43.0. The molecule has 0 saturated heterocycles. The largest absolute Gasteiger partial charge is 0.474 e. The van der Waals surface area contributed by atoms with Crippen LogP contribution in [0.25, 0.3) is 0 Å². The molecule has 1 saturated carbocycles. The van der Waals surface area contributed by atoms with Crippen LogP contribution in [0.5, 0.6) is 5.88 Å². The second-order valence-corrected chi connectivity index (χ2v) is 3.89. The van der Waals surface area contributed by atoms with Crippen molar-refractivity contribution in [3.05, 3.63) is 17.7 Å². The van der Waals surface area contributed by atoms with E-state index in [0.29, 0.717) is 0 Å². The molecule has 2 rings (SSSR count). The van der Waals surface area contributed by atoms with E-state index in [2.05, 4.69) is 10.4 Å². The van der Waals surface area contributed by atoms with Crippen LogP contribution in [0, 0.1) is 0 Å². The summed E-state index contributed by atoms with van der Waals surface area (Å²) in [7, 11) is 0. The molecule has 94 valence electrons. The summed E-state index contributed by atoms with van der Waals surface area (Å²) in [4.78, 5) is 3.83. The van der Waals surface area contributed by atoms with Crippen molar-refractivity contribution >= 4 is 5.82 Å². The van der Waals surface area contributed by atoms with E-state index in [4.69, 9.17) is 10.6 Å². The zero-order chi connectivity index (χ0) is 12.5. The molecule has 1 aliphatic rings. The van der Waals surface area contributed by atoms with Gasteiger partial charge >= 0.3 is 6.18 Å². The number of nitrogens with one attached hydrogen (secondary N) is 1. The van der Waals surface area contributed by atoms with Gasteiger partial charge in [-0.25, -0.2) is 5.84 Å². The lowest BCUT2D eigenvalue weighted by atomic mass is 9.96. The number of aromatic nitrogens is 1. The lowest BCUT2D eigenvalue weighted by Gasteiger charge is -2.26. The van der Waals surface area contributed by atoms with Crippen LogP contribution in [0.15, 0.2) is 12.1 Å². The summed E-state index contributed by atoms with van der Waals surface area (Å²) >= 11 is 0. The zero-order valence-corrected chi connectivity index (χ0v) is 8.92. The van der Waals surface area contributed by atoms with Crippen LogP contribution in [-0.2, 0) is 6.18 Å². The number of hydrazine groups is 1. The topological polar surface area (TPSA) is 60.2 Å². The number of hydrogen-bond acceptors (Lipinski definition) is 4. The average Bonchev–Trinajstić information content (AvgIpc) is 2.22. The van der Waals surface area contributed by atoms with Gasteiger partial charge in [-0.15, -0.1) is 0 Å². The number of nitrogens with zero attached hydrogens (tertiary/aromatic N) is 1. The first-order chi connectivity index (χ1) is 7.99. The van der Waals surface area contributed by atoms with Crippen molar-refractivity contribution in [2.75, 3.05) is 5.43 Å². The average molecular weight is 247 g/mol. The van der Waals surface area contributed by atoms with Gasteiger partial charge in [0, 0.05) is 6.07 Å². The fourth-order valence-corrected chi connectivity index (χ4v) is 1.46. The molecule has 0 atom stereocenters. The molecule has 17 heavy (non-hydrogen) atoms. The van der Waals surface area contributed by atoms with Gasteiger partial charge in [-0.3, -0.25) is 0 Å². The number of nitrogen functional groups attached to an aromatic ring is 1. The van der Waals surface area contributed by atoms with Crippen LogP contribution in [0.4, 0.5) is 19.0 Å². The number of nitrogens with two attached hydrogens (primary N) is 1. The Bertz CT molecular complexity index is 404. The molecule has 0 unspecified atom stereocenters. The summed E-state index contributed by atoms with van der Waals surface area (Å²) in [6.07, 6.45) is -1.73. The Kier molecular flexibility index (Phi) is 3.10. The van der Waals surface area contributed by atoms with Crippen molar-refractivity contribution < 1.29 is 17.9 Å². The molecule has 4 nitrogen and oxygen atoms in total. The van der Waals surface area contributed by atoms with E-state index in [1.54, 1.807) is 0 Å². The van der Waals surface area contributed by atoms with Gasteiger partial charge in [0.15, 0.2) is 0 Å².